The number of fused-ring (bicyclic) bond motifs is 5. The van der Waals surface area contributed by atoms with Gasteiger partial charge < -0.3 is 0 Å². The second-order valence-electron chi connectivity index (χ2n) is 13.1. The highest BCUT2D eigenvalue weighted by atomic mass is 14.9. The quantitative estimate of drug-likeness (QED) is 0.172. The molecule has 3 aromatic heterocycles. The monoisotopic (exact) mass is 662 g/mol. The summed E-state index contributed by atoms with van der Waals surface area (Å²) in [6.45, 7) is 0. The van der Waals surface area contributed by atoms with Gasteiger partial charge in [-0.2, -0.15) is 0 Å². The normalized spacial score (nSPS) is 11.5. The minimum Gasteiger partial charge on any atom is -0.245 e. The van der Waals surface area contributed by atoms with Crippen molar-refractivity contribution in [1.29, 1.82) is 0 Å². The maximum Gasteiger partial charge on any atom is 0.160 e. The largest absolute Gasteiger partial charge is 0.245 e. The molecule has 3 heterocycles. The van der Waals surface area contributed by atoms with Crippen molar-refractivity contribution < 1.29 is 0 Å². The average Bonchev–Trinajstić information content (AvgIpc) is 3.23. The summed E-state index contributed by atoms with van der Waals surface area (Å²) < 4.78 is 0. The minimum absolute atomic E-state index is 0.703. The van der Waals surface area contributed by atoms with Gasteiger partial charge in [-0.1, -0.05) is 158 Å². The van der Waals surface area contributed by atoms with E-state index >= 15 is 0 Å². The van der Waals surface area contributed by atoms with Crippen molar-refractivity contribution >= 4 is 43.5 Å². The van der Waals surface area contributed by atoms with E-state index in [0.717, 1.165) is 83.2 Å². The molecule has 0 N–H and O–H groups in total. The highest BCUT2D eigenvalue weighted by Gasteiger charge is 2.16. The third-order valence-corrected chi connectivity index (χ3v) is 9.84. The van der Waals surface area contributed by atoms with Crippen molar-refractivity contribution in [2.45, 2.75) is 0 Å². The molecule has 10 aromatic rings. The Morgan fingerprint density at radius 3 is 1.58 bits per heavy atom. The van der Waals surface area contributed by atoms with Crippen LogP contribution < -0.4 is 0 Å². The molecule has 0 amide bonds. The number of hydrogen-bond donors (Lipinski definition) is 0. The van der Waals surface area contributed by atoms with Gasteiger partial charge in [-0.25, -0.2) is 19.9 Å². The van der Waals surface area contributed by atoms with Crippen LogP contribution in [0.25, 0.3) is 99.8 Å². The maximum absolute atomic E-state index is 5.27. The zero-order chi connectivity index (χ0) is 34.4. The van der Waals surface area contributed by atoms with E-state index in [-0.39, 0.29) is 0 Å². The lowest BCUT2D eigenvalue weighted by atomic mass is 9.97. The summed E-state index contributed by atoms with van der Waals surface area (Å²) in [5.41, 5.74) is 11.7. The van der Waals surface area contributed by atoms with Gasteiger partial charge in [-0.05, 0) is 40.6 Å². The molecule has 7 aromatic carbocycles. The smallest absolute Gasteiger partial charge is 0.160 e. The number of hydrogen-bond acceptors (Lipinski definition) is 4. The van der Waals surface area contributed by atoms with E-state index in [2.05, 4.69) is 158 Å². The fraction of sp³-hybridized carbons (Fsp3) is 0. The molecule has 0 fully saturated rings. The van der Waals surface area contributed by atoms with Crippen LogP contribution in [0.15, 0.2) is 182 Å². The standard InChI is InChI=1S/C48H30N4/c1-3-12-32(13-4-1)44-41-20-10-19-40(47(41)52-48(51-44)35-14-5-2-6-15-35)37-17-9-18-38(30-37)42-27-25-33-22-23-34-26-28-43(50-46(34)45(33)49-42)39-24-21-31-11-7-8-16-36(31)29-39/h1-30H. The van der Waals surface area contributed by atoms with Crippen molar-refractivity contribution in [3.63, 3.8) is 0 Å². The Hall–Kier alpha value is -7.04. The number of aromatic nitrogens is 4. The van der Waals surface area contributed by atoms with Crippen LogP contribution in [0.3, 0.4) is 0 Å². The van der Waals surface area contributed by atoms with Crippen LogP contribution >= 0.6 is 0 Å². The molecule has 0 atom stereocenters. The molecule has 0 aliphatic carbocycles. The first-order valence-corrected chi connectivity index (χ1v) is 17.5. The van der Waals surface area contributed by atoms with E-state index in [1.54, 1.807) is 0 Å². The number of benzene rings is 7. The van der Waals surface area contributed by atoms with Gasteiger partial charge in [0.2, 0.25) is 0 Å². The van der Waals surface area contributed by atoms with E-state index in [0.29, 0.717) is 5.82 Å². The Morgan fingerprint density at radius 1 is 0.288 bits per heavy atom. The van der Waals surface area contributed by atoms with Gasteiger partial charge in [-0.3, -0.25) is 0 Å². The first kappa shape index (κ1) is 29.8. The topological polar surface area (TPSA) is 51.6 Å². The fourth-order valence-corrected chi connectivity index (χ4v) is 7.20. The van der Waals surface area contributed by atoms with Crippen LogP contribution in [-0.4, -0.2) is 19.9 Å². The molecule has 0 spiro atoms. The van der Waals surface area contributed by atoms with Crippen LogP contribution in [-0.2, 0) is 0 Å². The summed E-state index contributed by atoms with van der Waals surface area (Å²) in [6.07, 6.45) is 0. The van der Waals surface area contributed by atoms with E-state index in [4.69, 9.17) is 19.9 Å². The maximum atomic E-state index is 5.27. The van der Waals surface area contributed by atoms with Crippen molar-refractivity contribution in [2.75, 3.05) is 0 Å². The van der Waals surface area contributed by atoms with Gasteiger partial charge in [0.15, 0.2) is 5.82 Å². The number of pyridine rings is 2. The summed E-state index contributed by atoms with van der Waals surface area (Å²) in [5.74, 6) is 0.703. The van der Waals surface area contributed by atoms with Gasteiger partial charge >= 0.3 is 0 Å². The SMILES string of the molecule is c1ccc(-c2nc(-c3ccccc3)c3cccc(-c4cccc(-c5ccc6ccc7ccc(-c8ccc9ccccc9c8)nc7c6n5)c4)c3n2)cc1. The Labute approximate surface area is 300 Å². The van der Waals surface area contributed by atoms with E-state index in [1.165, 1.54) is 10.8 Å². The van der Waals surface area contributed by atoms with Crippen LogP contribution in [0.5, 0.6) is 0 Å². The molecule has 0 saturated heterocycles. The zero-order valence-corrected chi connectivity index (χ0v) is 28.1. The molecular formula is C48H30N4. The molecule has 0 radical (unpaired) electrons. The van der Waals surface area contributed by atoms with Crippen LogP contribution in [0.1, 0.15) is 0 Å². The number of nitrogens with zero attached hydrogens (tertiary/aromatic N) is 4. The highest BCUT2D eigenvalue weighted by molar-refractivity contribution is 6.05. The molecule has 0 saturated carbocycles. The van der Waals surface area contributed by atoms with Crippen LogP contribution in [0.2, 0.25) is 0 Å². The molecule has 0 aliphatic rings. The minimum atomic E-state index is 0.703. The third-order valence-electron chi connectivity index (χ3n) is 9.84. The molecule has 242 valence electrons. The third kappa shape index (κ3) is 5.26. The molecule has 52 heavy (non-hydrogen) atoms. The summed E-state index contributed by atoms with van der Waals surface area (Å²) in [5, 5.41) is 5.55. The van der Waals surface area contributed by atoms with Crippen LogP contribution in [0.4, 0.5) is 0 Å². The predicted molar refractivity (Wildman–Crippen MR) is 215 cm³/mol. The zero-order valence-electron chi connectivity index (χ0n) is 28.1. The lowest BCUT2D eigenvalue weighted by Crippen LogP contribution is -1.97. The van der Waals surface area contributed by atoms with E-state index in [9.17, 15) is 0 Å². The summed E-state index contributed by atoms with van der Waals surface area (Å²) in [4.78, 5) is 20.8. The predicted octanol–water partition coefficient (Wildman–Crippen LogP) is 12.2. The molecule has 0 aliphatic heterocycles. The highest BCUT2D eigenvalue weighted by Crippen LogP contribution is 2.36. The molecular weight excluding hydrogens is 633 g/mol. The van der Waals surface area contributed by atoms with Crippen molar-refractivity contribution in [2.24, 2.45) is 0 Å². The molecule has 10 rings (SSSR count). The molecule has 4 heteroatoms. The Kier molecular flexibility index (Phi) is 7.10. The average molecular weight is 663 g/mol. The van der Waals surface area contributed by atoms with Crippen molar-refractivity contribution in [3.8, 4) is 56.3 Å². The van der Waals surface area contributed by atoms with Gasteiger partial charge in [0.1, 0.15) is 0 Å². The van der Waals surface area contributed by atoms with Gasteiger partial charge in [-0.15, -0.1) is 0 Å². The Balaban J connectivity index is 1.11. The van der Waals surface area contributed by atoms with Crippen molar-refractivity contribution in [3.05, 3.63) is 182 Å². The lowest BCUT2D eigenvalue weighted by molar-refractivity contribution is 1.23. The number of para-hydroxylation sites is 1. The second-order valence-corrected chi connectivity index (χ2v) is 13.1. The Bertz CT molecular complexity index is 2960. The molecule has 4 nitrogen and oxygen atoms in total. The van der Waals surface area contributed by atoms with E-state index in [1.807, 2.05) is 24.3 Å². The molecule has 0 bridgehead atoms. The second kappa shape index (κ2) is 12.4. The van der Waals surface area contributed by atoms with Crippen LogP contribution in [0, 0.1) is 0 Å². The summed E-state index contributed by atoms with van der Waals surface area (Å²) in [6, 6.07) is 63.2. The van der Waals surface area contributed by atoms with Gasteiger partial charge in [0.05, 0.1) is 33.6 Å². The Morgan fingerprint density at radius 2 is 0.846 bits per heavy atom. The van der Waals surface area contributed by atoms with E-state index < -0.39 is 0 Å². The fourth-order valence-electron chi connectivity index (χ4n) is 7.20. The van der Waals surface area contributed by atoms with Gasteiger partial charge in [0.25, 0.3) is 0 Å². The van der Waals surface area contributed by atoms with Gasteiger partial charge in [0, 0.05) is 44.0 Å². The summed E-state index contributed by atoms with van der Waals surface area (Å²) in [7, 11) is 0. The molecule has 0 unspecified atom stereocenters. The first-order chi connectivity index (χ1) is 25.7. The first-order valence-electron chi connectivity index (χ1n) is 17.5. The number of rotatable bonds is 5. The summed E-state index contributed by atoms with van der Waals surface area (Å²) >= 11 is 0. The lowest BCUT2D eigenvalue weighted by Gasteiger charge is -2.13. The van der Waals surface area contributed by atoms with Crippen molar-refractivity contribution in [1.82, 2.24) is 19.9 Å².